The van der Waals surface area contributed by atoms with E-state index in [0.29, 0.717) is 30.9 Å². The van der Waals surface area contributed by atoms with E-state index >= 15 is 0 Å². The van der Waals surface area contributed by atoms with Gasteiger partial charge in [-0.1, -0.05) is 39.0 Å². The SMILES string of the molecule is CC[C@@H]1CC(=NCc2cc(C(F)(F)F)cc(C(F)(F)F)c2)C[C@H](CC2CCCCC2)N1C(=O)OC(C)(C)C. The van der Waals surface area contributed by atoms with Gasteiger partial charge in [-0.25, -0.2) is 4.79 Å². The van der Waals surface area contributed by atoms with Crippen LogP contribution >= 0.6 is 0 Å². The molecule has 1 heterocycles. The van der Waals surface area contributed by atoms with E-state index in [1.165, 1.54) is 6.42 Å². The van der Waals surface area contributed by atoms with Crippen LogP contribution in [0, 0.1) is 5.92 Å². The van der Waals surface area contributed by atoms with Crippen LogP contribution < -0.4 is 0 Å². The predicted octanol–water partition coefficient (Wildman–Crippen LogP) is 8.81. The minimum absolute atomic E-state index is 0.128. The van der Waals surface area contributed by atoms with E-state index in [1.807, 2.05) is 32.6 Å². The van der Waals surface area contributed by atoms with Crippen molar-refractivity contribution in [3.8, 4) is 0 Å². The molecule has 1 aromatic rings. The third-order valence-corrected chi connectivity index (χ3v) is 7.27. The molecule has 0 radical (unpaired) electrons. The summed E-state index contributed by atoms with van der Waals surface area (Å²) in [4.78, 5) is 19.6. The number of alkyl halides is 6. The first-order valence-electron chi connectivity index (χ1n) is 13.4. The van der Waals surface area contributed by atoms with Crippen molar-refractivity contribution in [3.63, 3.8) is 0 Å². The lowest BCUT2D eigenvalue weighted by Crippen LogP contribution is -2.54. The van der Waals surface area contributed by atoms with Crippen LogP contribution in [-0.4, -0.2) is 34.4 Å². The highest BCUT2D eigenvalue weighted by Crippen LogP contribution is 2.37. The molecule has 0 spiro atoms. The smallest absolute Gasteiger partial charge is 0.416 e. The molecule has 38 heavy (non-hydrogen) atoms. The summed E-state index contributed by atoms with van der Waals surface area (Å²) in [6.07, 6.45) is -2.34. The summed E-state index contributed by atoms with van der Waals surface area (Å²) in [5, 5.41) is 0. The van der Waals surface area contributed by atoms with Gasteiger partial charge >= 0.3 is 18.4 Å². The number of rotatable bonds is 5. The normalized spacial score (nSPS) is 23.1. The Labute approximate surface area is 220 Å². The number of benzene rings is 1. The van der Waals surface area contributed by atoms with Crippen LogP contribution in [0.25, 0.3) is 0 Å². The molecule has 3 rings (SSSR count). The summed E-state index contributed by atoms with van der Waals surface area (Å²) in [6.45, 7) is 7.09. The third kappa shape index (κ3) is 8.37. The molecule has 2 atom stereocenters. The van der Waals surface area contributed by atoms with Crippen molar-refractivity contribution in [2.24, 2.45) is 10.9 Å². The Hall–Kier alpha value is -2.26. The second-order valence-electron chi connectivity index (χ2n) is 11.5. The van der Waals surface area contributed by atoms with E-state index in [9.17, 15) is 31.1 Å². The minimum Gasteiger partial charge on any atom is -0.444 e. The summed E-state index contributed by atoms with van der Waals surface area (Å²) in [5.41, 5.74) is -2.79. The molecule has 0 bridgehead atoms. The van der Waals surface area contributed by atoms with Gasteiger partial charge in [-0.2, -0.15) is 26.3 Å². The number of carbonyl (C=O) groups is 1. The van der Waals surface area contributed by atoms with E-state index in [1.54, 1.807) is 0 Å². The molecule has 1 amide bonds. The number of halogens is 6. The van der Waals surface area contributed by atoms with Crippen molar-refractivity contribution in [3.05, 3.63) is 34.9 Å². The molecule has 2 aliphatic rings. The molecule has 0 N–H and O–H groups in total. The molecule has 10 heteroatoms. The Kier molecular flexibility index (Phi) is 9.45. The van der Waals surface area contributed by atoms with E-state index in [0.717, 1.165) is 44.2 Å². The number of hydrogen-bond acceptors (Lipinski definition) is 3. The number of amides is 1. The van der Waals surface area contributed by atoms with E-state index < -0.39 is 35.2 Å². The standard InChI is InChI=1S/C28H38F6N2O2/c1-5-23-15-22(35-17-19-11-20(27(29,30)31)14-21(12-19)28(32,33)34)16-24(13-18-9-7-6-8-10-18)36(23)25(37)38-26(2,3)4/h11-12,14,18,23-24H,5-10,13,15-17H2,1-4H3/t23-,24+/m1/s1. The lowest BCUT2D eigenvalue weighted by atomic mass is 9.81. The molecular formula is C28H38F6N2O2. The van der Waals surface area contributed by atoms with Gasteiger partial charge < -0.3 is 9.64 Å². The van der Waals surface area contributed by atoms with Crippen molar-refractivity contribution in [2.45, 2.75) is 122 Å². The fourth-order valence-electron chi connectivity index (χ4n) is 5.52. The maximum absolute atomic E-state index is 13.3. The second-order valence-corrected chi connectivity index (χ2v) is 11.5. The highest BCUT2D eigenvalue weighted by Gasteiger charge is 2.40. The molecule has 2 fully saturated rings. The zero-order valence-corrected chi connectivity index (χ0v) is 22.5. The number of likely N-dealkylation sites (tertiary alicyclic amines) is 1. The van der Waals surface area contributed by atoms with Crippen LogP contribution in [0.15, 0.2) is 23.2 Å². The molecule has 0 aromatic heterocycles. The first-order chi connectivity index (χ1) is 17.6. The summed E-state index contributed by atoms with van der Waals surface area (Å²) in [5.74, 6) is 0.452. The topological polar surface area (TPSA) is 41.9 Å². The van der Waals surface area contributed by atoms with Gasteiger partial charge in [-0.15, -0.1) is 0 Å². The van der Waals surface area contributed by atoms with Crippen LogP contribution in [0.4, 0.5) is 31.1 Å². The average Bonchev–Trinajstić information content (AvgIpc) is 2.80. The molecule has 0 unspecified atom stereocenters. The number of nitrogens with zero attached hydrogens (tertiary/aromatic N) is 2. The van der Waals surface area contributed by atoms with E-state index in [2.05, 4.69) is 4.99 Å². The summed E-state index contributed by atoms with van der Waals surface area (Å²) >= 11 is 0. The van der Waals surface area contributed by atoms with Crippen molar-refractivity contribution >= 4 is 11.8 Å². The summed E-state index contributed by atoms with van der Waals surface area (Å²) in [6, 6.07) is 1.19. The summed E-state index contributed by atoms with van der Waals surface area (Å²) < 4.78 is 85.4. The van der Waals surface area contributed by atoms with Crippen molar-refractivity contribution in [1.29, 1.82) is 0 Å². The highest BCUT2D eigenvalue weighted by atomic mass is 19.4. The maximum atomic E-state index is 13.3. The fraction of sp³-hybridized carbons (Fsp3) is 0.714. The van der Waals surface area contributed by atoms with Gasteiger partial charge in [-0.05, 0) is 63.3 Å². The Morgan fingerprint density at radius 3 is 1.97 bits per heavy atom. The Morgan fingerprint density at radius 2 is 1.47 bits per heavy atom. The zero-order chi connectivity index (χ0) is 28.3. The van der Waals surface area contributed by atoms with Gasteiger partial charge in [0.25, 0.3) is 0 Å². The number of aliphatic imine (C=N–C) groups is 1. The Bertz CT molecular complexity index is 958. The van der Waals surface area contributed by atoms with Gasteiger partial charge in [0.05, 0.1) is 17.7 Å². The van der Waals surface area contributed by atoms with E-state index in [4.69, 9.17) is 4.74 Å². The Morgan fingerprint density at radius 1 is 0.921 bits per heavy atom. The number of ether oxygens (including phenoxy) is 1. The zero-order valence-electron chi connectivity index (χ0n) is 22.5. The van der Waals surface area contributed by atoms with Gasteiger partial charge in [0, 0.05) is 30.6 Å². The lowest BCUT2D eigenvalue weighted by molar-refractivity contribution is -0.143. The van der Waals surface area contributed by atoms with Crippen LogP contribution in [0.2, 0.25) is 0 Å². The van der Waals surface area contributed by atoms with E-state index in [-0.39, 0.29) is 30.3 Å². The maximum Gasteiger partial charge on any atom is 0.416 e. The predicted molar refractivity (Wildman–Crippen MR) is 134 cm³/mol. The molecule has 4 nitrogen and oxygen atoms in total. The van der Waals surface area contributed by atoms with Gasteiger partial charge in [0.1, 0.15) is 5.60 Å². The fourth-order valence-corrected chi connectivity index (χ4v) is 5.52. The Balaban J connectivity index is 1.89. The second kappa shape index (κ2) is 11.9. The van der Waals surface area contributed by atoms with Gasteiger partial charge in [0.2, 0.25) is 0 Å². The molecule has 1 saturated carbocycles. The monoisotopic (exact) mass is 548 g/mol. The largest absolute Gasteiger partial charge is 0.444 e. The first-order valence-corrected chi connectivity index (χ1v) is 13.4. The number of carbonyl (C=O) groups excluding carboxylic acids is 1. The number of hydrogen-bond donors (Lipinski definition) is 0. The van der Waals surface area contributed by atoms with Crippen LogP contribution in [0.5, 0.6) is 0 Å². The molecule has 1 aromatic carbocycles. The number of piperidine rings is 1. The lowest BCUT2D eigenvalue weighted by Gasteiger charge is -2.44. The van der Waals surface area contributed by atoms with Crippen molar-refractivity contribution in [2.75, 3.05) is 0 Å². The molecule has 1 aliphatic heterocycles. The molecular weight excluding hydrogens is 510 g/mol. The van der Waals surface area contributed by atoms with Gasteiger partial charge in [-0.3, -0.25) is 4.99 Å². The molecule has 1 saturated heterocycles. The minimum atomic E-state index is -4.90. The highest BCUT2D eigenvalue weighted by molar-refractivity contribution is 5.88. The molecule has 214 valence electrons. The quantitative estimate of drug-likeness (QED) is 0.345. The van der Waals surface area contributed by atoms with Crippen molar-refractivity contribution < 1.29 is 35.9 Å². The molecule has 1 aliphatic carbocycles. The average molecular weight is 549 g/mol. The van der Waals surface area contributed by atoms with Crippen LogP contribution in [-0.2, 0) is 23.6 Å². The van der Waals surface area contributed by atoms with Gasteiger partial charge in [0.15, 0.2) is 0 Å². The summed E-state index contributed by atoms with van der Waals surface area (Å²) in [7, 11) is 0. The first kappa shape index (κ1) is 30.3. The third-order valence-electron chi connectivity index (χ3n) is 7.27. The van der Waals surface area contributed by atoms with Crippen LogP contribution in [0.3, 0.4) is 0 Å². The van der Waals surface area contributed by atoms with Crippen molar-refractivity contribution in [1.82, 2.24) is 4.90 Å². The van der Waals surface area contributed by atoms with Crippen LogP contribution in [0.1, 0.15) is 102 Å².